The summed E-state index contributed by atoms with van der Waals surface area (Å²) in [6.45, 7) is 4.33. The van der Waals surface area contributed by atoms with E-state index in [1.807, 2.05) is 17.9 Å². The topological polar surface area (TPSA) is 82.8 Å². The fraction of sp³-hybridized carbons (Fsp3) is 0.292. The van der Waals surface area contributed by atoms with Gasteiger partial charge >= 0.3 is 5.97 Å². The summed E-state index contributed by atoms with van der Waals surface area (Å²) in [7, 11) is 0. The summed E-state index contributed by atoms with van der Waals surface area (Å²) >= 11 is 0. The van der Waals surface area contributed by atoms with Gasteiger partial charge in [0.05, 0.1) is 5.56 Å². The van der Waals surface area contributed by atoms with Crippen LogP contribution >= 0.6 is 0 Å². The Morgan fingerprint density at radius 3 is 2.55 bits per heavy atom. The van der Waals surface area contributed by atoms with E-state index < -0.39 is 11.9 Å². The summed E-state index contributed by atoms with van der Waals surface area (Å²) in [6.07, 6.45) is -0.251. The van der Waals surface area contributed by atoms with Crippen molar-refractivity contribution in [2.24, 2.45) is 5.41 Å². The largest absolute Gasteiger partial charge is 0.502 e. The van der Waals surface area contributed by atoms with Crippen LogP contribution in [0.15, 0.2) is 51.7 Å². The van der Waals surface area contributed by atoms with E-state index in [1.165, 1.54) is 12.1 Å². The number of alkyl halides is 2. The molecular weight excluding hydrogens is 602 g/mol. The molecule has 6 nitrogen and oxygen atoms in total. The zero-order valence-electron chi connectivity index (χ0n) is 17.7. The van der Waals surface area contributed by atoms with Crippen LogP contribution in [0.3, 0.4) is 0 Å². The van der Waals surface area contributed by atoms with E-state index in [0.717, 1.165) is 5.56 Å². The number of nitrogens with zero attached hydrogens (tertiary/aromatic N) is 1. The van der Waals surface area contributed by atoms with Crippen molar-refractivity contribution in [2.75, 3.05) is 23.3 Å². The smallest absolute Gasteiger partial charge is 0.337 e. The van der Waals surface area contributed by atoms with Crippen molar-refractivity contribution in [3.8, 4) is 0 Å². The Labute approximate surface area is 202 Å². The van der Waals surface area contributed by atoms with Crippen molar-refractivity contribution in [1.82, 2.24) is 0 Å². The number of nitrogens with one attached hydrogen (secondary N) is 1. The van der Waals surface area contributed by atoms with Crippen LogP contribution < -0.4 is 15.6 Å². The molecule has 1 aliphatic heterocycles. The van der Waals surface area contributed by atoms with Crippen molar-refractivity contribution < 1.29 is 44.2 Å². The molecule has 2 N–H and O–H groups in total. The summed E-state index contributed by atoms with van der Waals surface area (Å²) in [4.78, 5) is 26.1. The summed E-state index contributed by atoms with van der Waals surface area (Å²) in [6, 6.07) is 11.5. The van der Waals surface area contributed by atoms with Crippen LogP contribution in [0.2, 0.25) is 0 Å². The molecule has 2 aliphatic rings. The first-order chi connectivity index (χ1) is 15.1. The Morgan fingerprint density at radius 2 is 1.88 bits per heavy atom. The van der Waals surface area contributed by atoms with Gasteiger partial charge in [0, 0.05) is 75.1 Å². The van der Waals surface area contributed by atoms with Gasteiger partial charge in [-0.25, -0.2) is 13.6 Å². The molecule has 1 spiro atoms. The van der Waals surface area contributed by atoms with Crippen LogP contribution in [0.5, 0.6) is 0 Å². The molecule has 2 aromatic carbocycles. The van der Waals surface area contributed by atoms with Crippen LogP contribution in [0.4, 0.5) is 20.4 Å². The number of carboxylic acid groups (broad SMARTS) is 1. The van der Waals surface area contributed by atoms with Gasteiger partial charge in [-0.2, -0.15) is 6.07 Å². The van der Waals surface area contributed by atoms with Crippen LogP contribution in [-0.4, -0.2) is 30.1 Å². The number of carbonyl (C=O) groups is 1. The molecule has 0 unspecified atom stereocenters. The van der Waals surface area contributed by atoms with Crippen LogP contribution in [0.25, 0.3) is 11.0 Å². The SMILES string of the molecule is Cc1cc([CH-]Nc2ccccc2C(=O)O)c2oc(N3CC4(C3)CC(F)(F)C4)cc(=O)c2c1.[W]. The van der Waals surface area contributed by atoms with Gasteiger partial charge in [0.15, 0.2) is 11.3 Å². The molecule has 0 amide bonds. The number of halogens is 2. The van der Waals surface area contributed by atoms with Crippen LogP contribution in [0, 0.1) is 18.9 Å². The maximum atomic E-state index is 13.3. The Balaban J connectivity index is 0.00000259. The predicted molar refractivity (Wildman–Crippen MR) is 116 cm³/mol. The standard InChI is InChI=1S/C24H21F2N2O4.W/c1-14-6-15(9-27-18-5-3-2-4-16(18)22(30)31)21-17(7-14)19(29)8-20(32-21)28-12-23(13-28)10-24(25,26)11-23;/h2-9,27H,10-13H2,1H3,(H,30,31);/q-1;. The average Bonchev–Trinajstić information content (AvgIpc) is 2.68. The molecule has 1 aromatic heterocycles. The summed E-state index contributed by atoms with van der Waals surface area (Å²) in [5.74, 6) is -3.29. The van der Waals surface area contributed by atoms with Gasteiger partial charge in [0.1, 0.15) is 0 Å². The normalized spacial score (nSPS) is 17.6. The van der Waals surface area contributed by atoms with Gasteiger partial charge in [-0.15, -0.1) is 11.1 Å². The molecule has 2 fully saturated rings. The van der Waals surface area contributed by atoms with E-state index in [2.05, 4.69) is 5.32 Å². The number of hydrogen-bond acceptors (Lipinski definition) is 5. The first kappa shape index (κ1) is 23.3. The number of aryl methyl sites for hydroxylation is 1. The second kappa shape index (κ2) is 8.17. The molecule has 33 heavy (non-hydrogen) atoms. The van der Waals surface area contributed by atoms with Crippen molar-refractivity contribution in [3.05, 3.63) is 75.9 Å². The Kier molecular flexibility index (Phi) is 5.77. The Bertz CT molecular complexity index is 1290. The minimum atomic E-state index is -2.59. The number of hydrogen-bond donors (Lipinski definition) is 2. The molecule has 0 atom stereocenters. The Hall–Kier alpha value is -2.86. The van der Waals surface area contributed by atoms with Crippen molar-refractivity contribution in [2.45, 2.75) is 25.7 Å². The molecule has 1 aliphatic carbocycles. The molecule has 1 saturated carbocycles. The van der Waals surface area contributed by atoms with E-state index in [-0.39, 0.29) is 50.3 Å². The number of benzene rings is 2. The van der Waals surface area contributed by atoms with Gasteiger partial charge in [-0.05, 0) is 12.1 Å². The minimum Gasteiger partial charge on any atom is -0.502 e. The summed E-state index contributed by atoms with van der Waals surface area (Å²) in [5, 5.41) is 12.8. The fourth-order valence-corrected chi connectivity index (χ4v) is 4.82. The van der Waals surface area contributed by atoms with Crippen LogP contribution in [0.1, 0.15) is 34.3 Å². The van der Waals surface area contributed by atoms with Gasteiger partial charge in [-0.3, -0.25) is 4.79 Å². The molecule has 0 bridgehead atoms. The number of para-hydroxylation sites is 1. The first-order valence-corrected chi connectivity index (χ1v) is 10.3. The van der Waals surface area contributed by atoms with Gasteiger partial charge in [-0.1, -0.05) is 31.7 Å². The molecule has 5 rings (SSSR count). The van der Waals surface area contributed by atoms with Gasteiger partial charge < -0.3 is 19.7 Å². The Morgan fingerprint density at radius 1 is 1.18 bits per heavy atom. The zero-order valence-corrected chi connectivity index (χ0v) is 20.7. The average molecular weight is 623 g/mol. The van der Waals surface area contributed by atoms with E-state index >= 15 is 0 Å². The van der Waals surface area contributed by atoms with Crippen molar-refractivity contribution in [1.29, 1.82) is 0 Å². The van der Waals surface area contributed by atoms with Gasteiger partial charge in [0.25, 0.3) is 0 Å². The maximum absolute atomic E-state index is 13.3. The van der Waals surface area contributed by atoms with E-state index in [4.69, 9.17) is 4.42 Å². The number of rotatable bonds is 5. The molecular formula is C24H21F2N2O4W-. The molecule has 2 heterocycles. The molecule has 1 saturated heterocycles. The maximum Gasteiger partial charge on any atom is 0.337 e. The second-order valence-corrected chi connectivity index (χ2v) is 8.88. The number of carboxylic acids is 1. The summed E-state index contributed by atoms with van der Waals surface area (Å²) in [5.41, 5.74) is 1.71. The quantitative estimate of drug-likeness (QED) is 0.403. The van der Waals surface area contributed by atoms with Crippen LogP contribution in [-0.2, 0) is 21.1 Å². The van der Waals surface area contributed by atoms with E-state index in [9.17, 15) is 23.5 Å². The van der Waals surface area contributed by atoms with E-state index in [1.54, 1.807) is 30.8 Å². The monoisotopic (exact) mass is 623 g/mol. The van der Waals surface area contributed by atoms with Crippen molar-refractivity contribution >= 4 is 28.5 Å². The minimum absolute atomic E-state index is 0. The molecule has 3 aromatic rings. The zero-order chi connectivity index (χ0) is 22.7. The van der Waals surface area contributed by atoms with Gasteiger partial charge in [0.2, 0.25) is 5.92 Å². The fourth-order valence-electron chi connectivity index (χ4n) is 4.82. The third-order valence-electron chi connectivity index (χ3n) is 6.16. The number of aromatic carboxylic acids is 1. The third-order valence-corrected chi connectivity index (χ3v) is 6.16. The second-order valence-electron chi connectivity index (χ2n) is 8.88. The molecule has 0 radical (unpaired) electrons. The first-order valence-electron chi connectivity index (χ1n) is 10.3. The van der Waals surface area contributed by atoms with Crippen molar-refractivity contribution in [3.63, 3.8) is 0 Å². The van der Waals surface area contributed by atoms with E-state index in [0.29, 0.717) is 41.2 Å². The summed E-state index contributed by atoms with van der Waals surface area (Å²) < 4.78 is 32.7. The third kappa shape index (κ3) is 4.24. The number of anilines is 2. The number of fused-ring (bicyclic) bond motifs is 1. The molecule has 172 valence electrons. The predicted octanol–water partition coefficient (Wildman–Crippen LogP) is 4.65. The molecule has 9 heteroatoms.